The lowest BCUT2D eigenvalue weighted by Crippen LogP contribution is -2.40. The fourth-order valence-corrected chi connectivity index (χ4v) is 2.36. The number of aliphatic carboxylic acids is 1. The number of anilines is 1. The summed E-state index contributed by atoms with van der Waals surface area (Å²) in [5.41, 5.74) is 6.60. The van der Waals surface area contributed by atoms with E-state index in [1.165, 1.54) is 0 Å². The molecular weight excluding hydrogens is 268 g/mol. The van der Waals surface area contributed by atoms with E-state index >= 15 is 0 Å². The molecule has 1 aliphatic rings. The minimum Gasteiger partial charge on any atom is -0.481 e. The lowest BCUT2D eigenvalue weighted by molar-refractivity contribution is -0.140. The molecule has 0 aromatic heterocycles. The van der Waals surface area contributed by atoms with Crippen LogP contribution in [0.3, 0.4) is 0 Å². The van der Waals surface area contributed by atoms with Crippen LogP contribution >= 0.6 is 0 Å². The Kier molecular flexibility index (Phi) is 4.32. The predicted octanol–water partition coefficient (Wildman–Crippen LogP) is 2.11. The van der Waals surface area contributed by atoms with Crippen molar-refractivity contribution in [1.29, 1.82) is 0 Å². The third-order valence-electron chi connectivity index (χ3n) is 4.42. The molecule has 5 heteroatoms. The van der Waals surface area contributed by atoms with Crippen molar-refractivity contribution in [2.45, 2.75) is 44.6 Å². The fraction of sp³-hybridized carbons (Fsp3) is 0.500. The molecule has 5 nitrogen and oxygen atoms in total. The molecule has 1 unspecified atom stereocenters. The molecule has 0 aliphatic heterocycles. The Bertz CT molecular complexity index is 535. The Hall–Kier alpha value is -1.88. The van der Waals surface area contributed by atoms with Crippen molar-refractivity contribution in [2.75, 3.05) is 5.32 Å². The van der Waals surface area contributed by atoms with Crippen LogP contribution in [0.25, 0.3) is 0 Å². The normalized spacial score (nSPS) is 18.6. The van der Waals surface area contributed by atoms with Gasteiger partial charge < -0.3 is 16.2 Å². The summed E-state index contributed by atoms with van der Waals surface area (Å²) in [6, 6.07) is 6.47. The highest BCUT2D eigenvalue weighted by Crippen LogP contribution is 2.48. The molecule has 2 atom stereocenters. The summed E-state index contributed by atoms with van der Waals surface area (Å²) in [5.74, 6) is -0.874. The number of carbonyl (C=O) groups is 2. The first-order valence-corrected chi connectivity index (χ1v) is 7.31. The van der Waals surface area contributed by atoms with Crippen molar-refractivity contribution in [3.8, 4) is 0 Å². The molecule has 1 fully saturated rings. The molecule has 0 bridgehead atoms. The molecular formula is C16H22N2O3. The van der Waals surface area contributed by atoms with Gasteiger partial charge in [-0.2, -0.15) is 0 Å². The maximum Gasteiger partial charge on any atom is 0.314 e. The van der Waals surface area contributed by atoms with Crippen molar-refractivity contribution in [3.05, 3.63) is 29.8 Å². The van der Waals surface area contributed by atoms with Gasteiger partial charge in [-0.05, 0) is 36.5 Å². The molecule has 1 saturated carbocycles. The first-order chi connectivity index (χ1) is 9.90. The highest BCUT2D eigenvalue weighted by atomic mass is 16.4. The summed E-state index contributed by atoms with van der Waals surface area (Å²) < 4.78 is 0. The number of benzene rings is 1. The van der Waals surface area contributed by atoms with E-state index in [4.69, 9.17) is 5.73 Å². The van der Waals surface area contributed by atoms with Gasteiger partial charge in [0, 0.05) is 5.69 Å². The quantitative estimate of drug-likeness (QED) is 0.748. The molecule has 0 spiro atoms. The molecule has 21 heavy (non-hydrogen) atoms. The van der Waals surface area contributed by atoms with E-state index in [-0.39, 0.29) is 11.8 Å². The van der Waals surface area contributed by atoms with E-state index in [9.17, 15) is 14.7 Å². The maximum atomic E-state index is 12.0. The summed E-state index contributed by atoms with van der Waals surface area (Å²) in [5, 5.41) is 12.0. The number of hydrogen-bond acceptors (Lipinski definition) is 3. The zero-order valence-corrected chi connectivity index (χ0v) is 12.4. The number of carboxylic acid groups (broad SMARTS) is 1. The van der Waals surface area contributed by atoms with Gasteiger partial charge >= 0.3 is 5.97 Å². The van der Waals surface area contributed by atoms with Gasteiger partial charge in [-0.1, -0.05) is 32.4 Å². The van der Waals surface area contributed by atoms with Gasteiger partial charge in [0.2, 0.25) is 5.91 Å². The van der Waals surface area contributed by atoms with E-state index in [2.05, 4.69) is 5.32 Å². The second-order valence-electron chi connectivity index (χ2n) is 5.87. The number of hydrogen-bond donors (Lipinski definition) is 3. The Morgan fingerprint density at radius 2 is 1.90 bits per heavy atom. The Morgan fingerprint density at radius 3 is 2.33 bits per heavy atom. The second kappa shape index (κ2) is 5.85. The third kappa shape index (κ3) is 3.08. The summed E-state index contributed by atoms with van der Waals surface area (Å²) in [6.07, 6.45) is 2.19. The number of carbonyl (C=O) groups excluding carboxylic acids is 1. The summed E-state index contributed by atoms with van der Waals surface area (Å²) >= 11 is 0. The average Bonchev–Trinajstić information content (AvgIpc) is 3.28. The number of carboxylic acids is 1. The maximum absolute atomic E-state index is 12.0. The van der Waals surface area contributed by atoms with Gasteiger partial charge in [-0.15, -0.1) is 0 Å². The minimum atomic E-state index is -0.780. The largest absolute Gasteiger partial charge is 0.481 e. The molecule has 0 saturated heterocycles. The average molecular weight is 290 g/mol. The molecule has 0 radical (unpaired) electrons. The number of amides is 1. The van der Waals surface area contributed by atoms with E-state index in [1.54, 1.807) is 24.3 Å². The molecule has 1 aromatic rings. The smallest absolute Gasteiger partial charge is 0.314 e. The van der Waals surface area contributed by atoms with Crippen LogP contribution in [0.2, 0.25) is 0 Å². The minimum absolute atomic E-state index is 0.117. The first-order valence-electron chi connectivity index (χ1n) is 7.31. The van der Waals surface area contributed by atoms with Crippen LogP contribution in [0.5, 0.6) is 0 Å². The predicted molar refractivity (Wildman–Crippen MR) is 81.0 cm³/mol. The Morgan fingerprint density at radius 1 is 1.33 bits per heavy atom. The van der Waals surface area contributed by atoms with E-state index < -0.39 is 17.4 Å². The van der Waals surface area contributed by atoms with Crippen LogP contribution < -0.4 is 11.1 Å². The highest BCUT2D eigenvalue weighted by Gasteiger charge is 2.51. The van der Waals surface area contributed by atoms with Crippen molar-refractivity contribution in [3.63, 3.8) is 0 Å². The van der Waals surface area contributed by atoms with Crippen LogP contribution in [0.1, 0.15) is 38.7 Å². The molecule has 2 rings (SSSR count). The number of nitrogens with two attached hydrogens (primary N) is 1. The fourth-order valence-electron chi connectivity index (χ4n) is 2.36. The van der Waals surface area contributed by atoms with Gasteiger partial charge in [-0.25, -0.2) is 0 Å². The van der Waals surface area contributed by atoms with E-state index in [1.807, 2.05) is 13.8 Å². The summed E-state index contributed by atoms with van der Waals surface area (Å²) in [4.78, 5) is 23.2. The monoisotopic (exact) mass is 290 g/mol. The van der Waals surface area contributed by atoms with Crippen LogP contribution in [0.15, 0.2) is 24.3 Å². The second-order valence-corrected chi connectivity index (χ2v) is 5.87. The summed E-state index contributed by atoms with van der Waals surface area (Å²) in [6.45, 7) is 3.94. The van der Waals surface area contributed by atoms with E-state index in [0.29, 0.717) is 18.5 Å². The van der Waals surface area contributed by atoms with Crippen LogP contribution in [0.4, 0.5) is 5.69 Å². The number of nitrogens with one attached hydrogen (secondary N) is 1. The lowest BCUT2D eigenvalue weighted by atomic mass is 9.96. The van der Waals surface area contributed by atoms with Gasteiger partial charge in [0.05, 0.1) is 11.5 Å². The molecule has 1 aliphatic carbocycles. The molecule has 0 heterocycles. The van der Waals surface area contributed by atoms with Crippen molar-refractivity contribution < 1.29 is 14.7 Å². The van der Waals surface area contributed by atoms with E-state index in [0.717, 1.165) is 12.0 Å². The zero-order chi connectivity index (χ0) is 15.6. The SMILES string of the molecule is CCC(C)[C@H](N)C(=O)Nc1ccc(C2(C(=O)O)CC2)cc1. The van der Waals surface area contributed by atoms with Gasteiger partial charge in [0.25, 0.3) is 0 Å². The first kappa shape index (κ1) is 15.5. The zero-order valence-electron chi connectivity index (χ0n) is 12.4. The standard InChI is InChI=1S/C16H22N2O3/c1-3-10(2)13(17)14(19)18-12-6-4-11(5-7-12)16(8-9-16)15(20)21/h4-7,10,13H,3,8-9,17H2,1-2H3,(H,18,19)(H,20,21)/t10?,13-/m0/s1. The molecule has 4 N–H and O–H groups in total. The molecule has 1 amide bonds. The van der Waals surface area contributed by atoms with Gasteiger partial charge in [0.15, 0.2) is 0 Å². The Balaban J connectivity index is 2.03. The van der Waals surface area contributed by atoms with Gasteiger partial charge in [-0.3, -0.25) is 9.59 Å². The Labute approximate surface area is 124 Å². The van der Waals surface area contributed by atoms with Crippen LogP contribution in [-0.2, 0) is 15.0 Å². The van der Waals surface area contributed by atoms with Crippen LogP contribution in [-0.4, -0.2) is 23.0 Å². The van der Waals surface area contributed by atoms with Crippen molar-refractivity contribution >= 4 is 17.6 Å². The third-order valence-corrected chi connectivity index (χ3v) is 4.42. The highest BCUT2D eigenvalue weighted by molar-refractivity contribution is 5.95. The van der Waals surface area contributed by atoms with Crippen LogP contribution in [0, 0.1) is 5.92 Å². The molecule has 114 valence electrons. The van der Waals surface area contributed by atoms with Crippen molar-refractivity contribution in [2.24, 2.45) is 11.7 Å². The number of rotatable bonds is 6. The summed E-state index contributed by atoms with van der Waals surface area (Å²) in [7, 11) is 0. The van der Waals surface area contributed by atoms with Crippen molar-refractivity contribution in [1.82, 2.24) is 0 Å². The topological polar surface area (TPSA) is 92.4 Å². The lowest BCUT2D eigenvalue weighted by Gasteiger charge is -2.18. The van der Waals surface area contributed by atoms with Gasteiger partial charge in [0.1, 0.15) is 0 Å². The molecule has 1 aromatic carbocycles.